The predicted molar refractivity (Wildman–Crippen MR) is 129 cm³/mol. The van der Waals surface area contributed by atoms with E-state index < -0.39 is 41.2 Å². The second-order valence-electron chi connectivity index (χ2n) is 8.45. The summed E-state index contributed by atoms with van der Waals surface area (Å²) >= 11 is 0.825. The SMILES string of the molecule is COc1cc(C(=O)O)c(F)cc1NSc1coc(-c2ccccc2C(F)(F)F)n1.FC(F)(F)C1CCCCC1. The van der Waals surface area contributed by atoms with E-state index in [9.17, 15) is 35.5 Å². The number of carboxylic acids is 1. The van der Waals surface area contributed by atoms with Crippen molar-refractivity contribution in [2.75, 3.05) is 11.8 Å². The molecule has 14 heteroatoms. The molecule has 0 radical (unpaired) electrons. The molecule has 0 unspecified atom stereocenters. The number of benzene rings is 2. The van der Waals surface area contributed by atoms with Crippen LogP contribution in [-0.2, 0) is 6.18 Å². The van der Waals surface area contributed by atoms with Crippen LogP contribution in [0.1, 0.15) is 48.0 Å². The molecule has 2 aromatic carbocycles. The largest absolute Gasteiger partial charge is 0.495 e. The van der Waals surface area contributed by atoms with Gasteiger partial charge in [0.15, 0.2) is 5.03 Å². The number of halogens is 7. The lowest BCUT2D eigenvalue weighted by Crippen LogP contribution is -2.24. The normalized spacial score (nSPS) is 14.4. The molecule has 0 saturated heterocycles. The molecule has 1 aliphatic carbocycles. The summed E-state index contributed by atoms with van der Waals surface area (Å²) in [7, 11) is 1.27. The molecular weight excluding hydrogens is 557 g/mol. The van der Waals surface area contributed by atoms with Crippen LogP contribution in [0.5, 0.6) is 5.75 Å². The van der Waals surface area contributed by atoms with Gasteiger partial charge in [-0.1, -0.05) is 31.4 Å². The fourth-order valence-electron chi connectivity index (χ4n) is 3.85. The minimum atomic E-state index is -4.58. The highest BCUT2D eigenvalue weighted by Crippen LogP contribution is 2.38. The van der Waals surface area contributed by atoms with Crippen molar-refractivity contribution < 1.29 is 49.8 Å². The van der Waals surface area contributed by atoms with Gasteiger partial charge in [-0.25, -0.2) is 14.2 Å². The third-order valence-electron chi connectivity index (χ3n) is 5.80. The lowest BCUT2D eigenvalue weighted by atomic mass is 9.89. The van der Waals surface area contributed by atoms with Gasteiger partial charge in [0.1, 0.15) is 17.8 Å². The first-order chi connectivity index (χ1) is 18.3. The Morgan fingerprint density at radius 3 is 2.33 bits per heavy atom. The van der Waals surface area contributed by atoms with Gasteiger partial charge >= 0.3 is 18.3 Å². The smallest absolute Gasteiger partial charge is 0.417 e. The van der Waals surface area contributed by atoms with Gasteiger partial charge in [0.05, 0.1) is 29.8 Å². The minimum absolute atomic E-state index is 0.0578. The Bertz CT molecular complexity index is 1270. The van der Waals surface area contributed by atoms with Crippen LogP contribution in [0.25, 0.3) is 11.5 Å². The topological polar surface area (TPSA) is 84.6 Å². The average Bonchev–Trinajstić information content (AvgIpc) is 3.36. The van der Waals surface area contributed by atoms with Crippen LogP contribution >= 0.6 is 11.9 Å². The maximum Gasteiger partial charge on any atom is 0.417 e. The Labute approximate surface area is 222 Å². The number of aromatic carboxylic acids is 1. The van der Waals surface area contributed by atoms with Gasteiger partial charge in [-0.3, -0.25) is 0 Å². The Hall–Kier alpha value is -3.42. The third-order valence-corrected chi connectivity index (χ3v) is 6.52. The van der Waals surface area contributed by atoms with E-state index >= 15 is 0 Å². The van der Waals surface area contributed by atoms with Crippen LogP contribution in [0.2, 0.25) is 0 Å². The number of methoxy groups -OCH3 is 1. The number of aromatic nitrogens is 1. The molecule has 1 aliphatic rings. The molecule has 1 heterocycles. The molecule has 0 aliphatic heterocycles. The first kappa shape index (κ1) is 30.1. The van der Waals surface area contributed by atoms with Gasteiger partial charge in [0, 0.05) is 23.6 Å². The zero-order valence-corrected chi connectivity index (χ0v) is 21.1. The van der Waals surface area contributed by atoms with Crippen molar-refractivity contribution in [3.63, 3.8) is 0 Å². The summed E-state index contributed by atoms with van der Waals surface area (Å²) in [5.74, 6) is -3.61. The van der Waals surface area contributed by atoms with Gasteiger partial charge < -0.3 is 19.0 Å². The molecule has 1 aromatic heterocycles. The summed E-state index contributed by atoms with van der Waals surface area (Å²) in [5, 5.41) is 9.12. The standard InChI is InChI=1S/C18H12F4N2O4S.C7H11F3/c1-27-14-6-10(17(25)26)12(19)7-13(14)24-29-15-8-28-16(23-15)9-4-2-3-5-11(9)18(20,21)22;8-7(9,10)6-4-2-1-3-5-6/h2-8,24H,1H3,(H,25,26);6H,1-5H2. The highest BCUT2D eigenvalue weighted by atomic mass is 32.2. The molecule has 3 aromatic rings. The monoisotopic (exact) mass is 580 g/mol. The van der Waals surface area contributed by atoms with Crippen LogP contribution in [0.3, 0.4) is 0 Å². The summed E-state index contributed by atoms with van der Waals surface area (Å²) in [6, 6.07) is 6.77. The average molecular weight is 581 g/mol. The van der Waals surface area contributed by atoms with E-state index in [-0.39, 0.29) is 27.9 Å². The summed E-state index contributed by atoms with van der Waals surface area (Å²) in [6.45, 7) is 0. The number of ether oxygens (including phenoxy) is 1. The first-order valence-electron chi connectivity index (χ1n) is 11.5. The van der Waals surface area contributed by atoms with E-state index in [2.05, 4.69) is 9.71 Å². The summed E-state index contributed by atoms with van der Waals surface area (Å²) in [4.78, 5) is 15.0. The number of carboxylic acid groups (broad SMARTS) is 1. The van der Waals surface area contributed by atoms with Crippen LogP contribution in [-0.4, -0.2) is 29.3 Å². The van der Waals surface area contributed by atoms with Crippen molar-refractivity contribution >= 4 is 23.6 Å². The molecule has 0 spiro atoms. The van der Waals surface area contributed by atoms with E-state index in [4.69, 9.17) is 14.3 Å². The van der Waals surface area contributed by atoms with Gasteiger partial charge in [-0.05, 0) is 31.0 Å². The molecule has 0 atom stereocenters. The van der Waals surface area contributed by atoms with Gasteiger partial charge in [0.2, 0.25) is 5.89 Å². The molecular formula is C25H23F7N2O4S. The quantitative estimate of drug-likeness (QED) is 0.224. The fourth-order valence-corrected chi connectivity index (χ4v) is 4.45. The summed E-state index contributed by atoms with van der Waals surface area (Å²) in [5.41, 5.74) is -1.56. The molecule has 0 amide bonds. The Morgan fingerprint density at radius 2 is 1.77 bits per heavy atom. The molecule has 1 saturated carbocycles. The van der Waals surface area contributed by atoms with Crippen LogP contribution in [0.15, 0.2) is 52.1 Å². The number of nitrogens with one attached hydrogen (secondary N) is 1. The van der Waals surface area contributed by atoms with Crippen LogP contribution < -0.4 is 9.46 Å². The lowest BCUT2D eigenvalue weighted by Gasteiger charge is -2.23. The summed E-state index contributed by atoms with van der Waals surface area (Å²) in [6.07, 6.45) is -4.18. The van der Waals surface area contributed by atoms with Gasteiger partial charge in [-0.2, -0.15) is 26.3 Å². The molecule has 0 bridgehead atoms. The van der Waals surface area contributed by atoms with Gasteiger partial charge in [0.25, 0.3) is 0 Å². The lowest BCUT2D eigenvalue weighted by molar-refractivity contribution is -0.181. The number of nitrogens with zero attached hydrogens (tertiary/aromatic N) is 1. The van der Waals surface area contributed by atoms with E-state index in [0.717, 1.165) is 55.7 Å². The summed E-state index contributed by atoms with van der Waals surface area (Å²) < 4.78 is 102. The van der Waals surface area contributed by atoms with Crippen molar-refractivity contribution in [1.82, 2.24) is 4.98 Å². The molecule has 212 valence electrons. The second kappa shape index (κ2) is 12.6. The fraction of sp³-hybridized carbons (Fsp3) is 0.360. The van der Waals surface area contributed by atoms with Crippen molar-refractivity contribution in [2.45, 2.75) is 49.5 Å². The van der Waals surface area contributed by atoms with Crippen molar-refractivity contribution in [3.05, 3.63) is 59.6 Å². The van der Waals surface area contributed by atoms with Crippen molar-refractivity contribution in [1.29, 1.82) is 0 Å². The number of oxazole rings is 1. The number of hydrogen-bond donors (Lipinski definition) is 2. The van der Waals surface area contributed by atoms with E-state index in [0.29, 0.717) is 12.8 Å². The van der Waals surface area contributed by atoms with E-state index in [1.54, 1.807) is 0 Å². The van der Waals surface area contributed by atoms with Crippen LogP contribution in [0.4, 0.5) is 36.4 Å². The van der Waals surface area contributed by atoms with Crippen LogP contribution in [0, 0.1) is 11.7 Å². The number of rotatable bonds is 6. The minimum Gasteiger partial charge on any atom is -0.495 e. The Morgan fingerprint density at radius 1 is 1.10 bits per heavy atom. The highest BCUT2D eigenvalue weighted by molar-refractivity contribution is 8.00. The molecule has 1 fully saturated rings. The molecule has 4 rings (SSSR count). The predicted octanol–water partition coefficient (Wildman–Crippen LogP) is 8.45. The number of carbonyl (C=O) groups is 1. The molecule has 39 heavy (non-hydrogen) atoms. The maximum absolute atomic E-state index is 13.9. The second-order valence-corrected chi connectivity index (χ2v) is 9.28. The number of anilines is 1. The number of hydrogen-bond acceptors (Lipinski definition) is 6. The van der Waals surface area contributed by atoms with Gasteiger partial charge in [-0.15, -0.1) is 0 Å². The van der Waals surface area contributed by atoms with Crippen molar-refractivity contribution in [2.24, 2.45) is 5.92 Å². The zero-order chi connectivity index (χ0) is 28.8. The third kappa shape index (κ3) is 8.04. The Kier molecular flexibility index (Phi) is 9.75. The number of alkyl halides is 6. The highest BCUT2D eigenvalue weighted by Gasteiger charge is 2.39. The Balaban J connectivity index is 0.000000353. The maximum atomic E-state index is 13.9. The first-order valence-corrected chi connectivity index (χ1v) is 12.4. The van der Waals surface area contributed by atoms with E-state index in [1.807, 2.05) is 0 Å². The van der Waals surface area contributed by atoms with Crippen molar-refractivity contribution in [3.8, 4) is 17.2 Å². The molecule has 2 N–H and O–H groups in total. The van der Waals surface area contributed by atoms with E-state index in [1.165, 1.54) is 25.3 Å². The molecule has 6 nitrogen and oxygen atoms in total. The zero-order valence-electron chi connectivity index (χ0n) is 20.3.